The molecule has 0 spiro atoms. The lowest BCUT2D eigenvalue weighted by Gasteiger charge is -1.80. The first-order valence-corrected chi connectivity index (χ1v) is 1.61. The summed E-state index contributed by atoms with van der Waals surface area (Å²) in [6.45, 7) is 1.25. The van der Waals surface area contributed by atoms with Crippen LogP contribution in [0.3, 0.4) is 0 Å². The number of hydrogen-bond donors (Lipinski definition) is 1. The zero-order valence-electron chi connectivity index (χ0n) is 3.76. The predicted octanol–water partition coefficient (Wildman–Crippen LogP) is -0.627. The molecule has 0 unspecified atom stereocenters. The number of hydrogen-bond acceptors (Lipinski definition) is 3. The Bertz CT molecular complexity index is 114. The molecule has 0 aromatic heterocycles. The van der Waals surface area contributed by atoms with Crippen LogP contribution in [0.25, 0.3) is 0 Å². The number of nitrogens with one attached hydrogen (secondary N) is 1. The van der Waals surface area contributed by atoms with Gasteiger partial charge in [0.2, 0.25) is 5.91 Å². The van der Waals surface area contributed by atoms with E-state index < -0.39 is 0 Å². The van der Waals surface area contributed by atoms with Crippen LogP contribution < -0.4 is 5.43 Å². The molecule has 0 fully saturated rings. The molecular weight excluding hydrogens is 96.0 g/mol. The van der Waals surface area contributed by atoms with E-state index in [4.69, 9.17) is 0 Å². The van der Waals surface area contributed by atoms with Crippen LogP contribution in [0.1, 0.15) is 6.92 Å². The number of rotatable bonds is 1. The third-order valence-corrected chi connectivity index (χ3v) is 0.259. The molecule has 0 rings (SSSR count). The summed E-state index contributed by atoms with van der Waals surface area (Å²) in [5, 5.41) is 2.77. The summed E-state index contributed by atoms with van der Waals surface area (Å²) in [7, 11) is 0. The summed E-state index contributed by atoms with van der Waals surface area (Å²) >= 11 is 0. The second kappa shape index (κ2) is 3.06. The van der Waals surface area contributed by atoms with E-state index in [1.807, 2.05) is 5.43 Å². The van der Waals surface area contributed by atoms with Gasteiger partial charge in [-0.1, -0.05) is 5.10 Å². The quantitative estimate of drug-likeness (QED) is 0.271. The minimum absolute atomic E-state index is 0.372. The smallest absolute Gasteiger partial charge is 0.258 e. The summed E-state index contributed by atoms with van der Waals surface area (Å²) in [6.07, 6.45) is 1.14. The van der Waals surface area contributed by atoms with Gasteiger partial charge in [0.15, 0.2) is 0 Å². The summed E-state index contributed by atoms with van der Waals surface area (Å²) in [4.78, 5) is 19.0. The Morgan fingerprint density at radius 3 is 2.57 bits per heavy atom. The van der Waals surface area contributed by atoms with Crippen LogP contribution in [0, 0.1) is 0 Å². The monoisotopic (exact) mass is 100 g/mol. The Morgan fingerprint density at radius 1 is 1.86 bits per heavy atom. The van der Waals surface area contributed by atoms with Crippen molar-refractivity contribution >= 4 is 12.0 Å². The van der Waals surface area contributed by atoms with E-state index in [9.17, 15) is 9.59 Å². The fourth-order valence-electron chi connectivity index (χ4n) is 0.102. The maximum absolute atomic E-state index is 9.82. The summed E-state index contributed by atoms with van der Waals surface area (Å²) in [5.74, 6) is -0.372. The largest absolute Gasteiger partial charge is 0.274 e. The highest BCUT2D eigenvalue weighted by Crippen LogP contribution is 1.54. The Balaban J connectivity index is 3.32. The fourth-order valence-corrected chi connectivity index (χ4v) is 0.102. The van der Waals surface area contributed by atoms with Crippen molar-refractivity contribution in [3.63, 3.8) is 0 Å². The van der Waals surface area contributed by atoms with Crippen molar-refractivity contribution in [2.24, 2.45) is 5.10 Å². The molecule has 38 valence electrons. The molecule has 0 aliphatic carbocycles. The molecule has 0 saturated carbocycles. The predicted molar refractivity (Wildman–Crippen MR) is 21.9 cm³/mol. The van der Waals surface area contributed by atoms with Crippen LogP contribution in [0.5, 0.6) is 0 Å². The molecule has 0 atom stereocenters. The minimum Gasteiger partial charge on any atom is -0.274 e. The third kappa shape index (κ3) is 4.85. The average Bonchev–Trinajstić information content (AvgIpc) is 1.61. The number of carbonyl (C=O) groups excluding carboxylic acids is 2. The molecule has 0 aliphatic rings. The molecule has 4 nitrogen and oxygen atoms in total. The Kier molecular flexibility index (Phi) is 2.55. The molecule has 0 saturated heterocycles. The van der Waals surface area contributed by atoms with Crippen LogP contribution in [0.15, 0.2) is 5.10 Å². The Morgan fingerprint density at radius 2 is 2.43 bits per heavy atom. The number of nitrogens with zero attached hydrogens (tertiary/aromatic N) is 1. The molecule has 1 N–H and O–H groups in total. The first kappa shape index (κ1) is 5.85. The minimum atomic E-state index is -0.372. The van der Waals surface area contributed by atoms with Gasteiger partial charge in [0.25, 0.3) is 6.08 Å². The molecule has 0 aromatic carbocycles. The Hall–Kier alpha value is -1.15. The SMILES string of the molecule is CC(=O)NN=C=O. The number of isocyanates is 1. The molecule has 0 aliphatic heterocycles. The van der Waals surface area contributed by atoms with Gasteiger partial charge in [0.05, 0.1) is 0 Å². The maximum atomic E-state index is 9.82. The van der Waals surface area contributed by atoms with E-state index in [0.717, 1.165) is 6.08 Å². The Labute approximate surface area is 40.2 Å². The molecule has 4 heteroatoms. The van der Waals surface area contributed by atoms with Crippen molar-refractivity contribution in [1.82, 2.24) is 5.43 Å². The number of hydrazone groups is 1. The lowest BCUT2D eigenvalue weighted by molar-refractivity contribution is -0.118. The summed E-state index contributed by atoms with van der Waals surface area (Å²) in [5.41, 5.74) is 1.86. The lowest BCUT2D eigenvalue weighted by Crippen LogP contribution is -2.10. The number of amides is 1. The van der Waals surface area contributed by atoms with Crippen molar-refractivity contribution < 1.29 is 9.59 Å². The van der Waals surface area contributed by atoms with Gasteiger partial charge >= 0.3 is 0 Å². The van der Waals surface area contributed by atoms with Crippen molar-refractivity contribution in [3.8, 4) is 0 Å². The first-order valence-electron chi connectivity index (χ1n) is 1.61. The second-order valence-corrected chi connectivity index (χ2v) is 0.871. The van der Waals surface area contributed by atoms with Crippen LogP contribution >= 0.6 is 0 Å². The molecular formula is C3H4N2O2. The molecule has 0 heterocycles. The van der Waals surface area contributed by atoms with Crippen LogP contribution in [0.2, 0.25) is 0 Å². The highest BCUT2D eigenvalue weighted by atomic mass is 16.2. The lowest BCUT2D eigenvalue weighted by atomic mass is 10.8. The highest BCUT2D eigenvalue weighted by molar-refractivity contribution is 5.72. The highest BCUT2D eigenvalue weighted by Gasteiger charge is 1.79. The van der Waals surface area contributed by atoms with Crippen LogP contribution in [-0.2, 0) is 9.59 Å². The van der Waals surface area contributed by atoms with Crippen molar-refractivity contribution in [2.75, 3.05) is 0 Å². The molecule has 1 amide bonds. The normalized spacial score (nSPS) is 6.43. The fraction of sp³-hybridized carbons (Fsp3) is 0.333. The van der Waals surface area contributed by atoms with E-state index >= 15 is 0 Å². The van der Waals surface area contributed by atoms with Crippen molar-refractivity contribution in [2.45, 2.75) is 6.92 Å². The topological polar surface area (TPSA) is 58.5 Å². The van der Waals surface area contributed by atoms with Crippen LogP contribution in [0.4, 0.5) is 0 Å². The standard InChI is InChI=1S/C3H4N2O2/c1-3(7)5-4-2-6/h1H3,(H,5,7). The van der Waals surface area contributed by atoms with E-state index in [1.165, 1.54) is 6.92 Å². The average molecular weight is 100 g/mol. The first-order chi connectivity index (χ1) is 3.27. The van der Waals surface area contributed by atoms with Gasteiger partial charge in [0.1, 0.15) is 0 Å². The van der Waals surface area contributed by atoms with Crippen molar-refractivity contribution in [1.29, 1.82) is 0 Å². The summed E-state index contributed by atoms with van der Waals surface area (Å²) < 4.78 is 0. The molecule has 0 bridgehead atoms. The van der Waals surface area contributed by atoms with Gasteiger partial charge in [-0.15, -0.1) is 0 Å². The molecule has 0 radical (unpaired) electrons. The zero-order valence-corrected chi connectivity index (χ0v) is 3.76. The zero-order chi connectivity index (χ0) is 5.70. The van der Waals surface area contributed by atoms with Gasteiger partial charge in [-0.2, -0.15) is 0 Å². The van der Waals surface area contributed by atoms with E-state index in [-0.39, 0.29) is 5.91 Å². The molecule has 0 aromatic rings. The third-order valence-electron chi connectivity index (χ3n) is 0.259. The summed E-state index contributed by atoms with van der Waals surface area (Å²) in [6, 6.07) is 0. The van der Waals surface area contributed by atoms with E-state index in [0.29, 0.717) is 0 Å². The second-order valence-electron chi connectivity index (χ2n) is 0.871. The van der Waals surface area contributed by atoms with Gasteiger partial charge in [0, 0.05) is 6.92 Å². The van der Waals surface area contributed by atoms with E-state index in [1.54, 1.807) is 0 Å². The number of carbonyl (C=O) groups is 1. The van der Waals surface area contributed by atoms with Crippen LogP contribution in [-0.4, -0.2) is 12.0 Å². The van der Waals surface area contributed by atoms with Gasteiger partial charge in [-0.25, -0.2) is 10.2 Å². The van der Waals surface area contributed by atoms with E-state index in [2.05, 4.69) is 5.10 Å². The van der Waals surface area contributed by atoms with Gasteiger partial charge < -0.3 is 0 Å². The van der Waals surface area contributed by atoms with Gasteiger partial charge in [-0.3, -0.25) is 4.79 Å². The van der Waals surface area contributed by atoms with Crippen molar-refractivity contribution in [3.05, 3.63) is 0 Å². The molecule has 7 heavy (non-hydrogen) atoms. The maximum Gasteiger partial charge on any atom is 0.258 e. The van der Waals surface area contributed by atoms with Gasteiger partial charge in [-0.05, 0) is 0 Å².